The van der Waals surface area contributed by atoms with Crippen LogP contribution >= 0.6 is 0 Å². The molecule has 2 N–H and O–H groups in total. The monoisotopic (exact) mass is 264 g/mol. The van der Waals surface area contributed by atoms with Gasteiger partial charge in [0.25, 0.3) is 0 Å². The highest BCUT2D eigenvalue weighted by Crippen LogP contribution is 2.26. The third-order valence-electron chi connectivity index (χ3n) is 3.53. The average molecular weight is 264 g/mol. The van der Waals surface area contributed by atoms with Gasteiger partial charge in [0, 0.05) is 18.2 Å². The Morgan fingerprint density at radius 3 is 2.26 bits per heavy atom. The Hall–Kier alpha value is -1.32. The first-order valence-electron chi connectivity index (χ1n) is 7.40. The van der Waals surface area contributed by atoms with E-state index in [0.717, 1.165) is 37.2 Å². The highest BCUT2D eigenvalue weighted by atomic mass is 15.2. The van der Waals surface area contributed by atoms with Crippen LogP contribution in [-0.2, 0) is 6.42 Å². The summed E-state index contributed by atoms with van der Waals surface area (Å²) in [6, 6.07) is 0.516. The third-order valence-corrected chi connectivity index (χ3v) is 3.53. The maximum atomic E-state index is 6.01. The van der Waals surface area contributed by atoms with Crippen molar-refractivity contribution in [3.8, 4) is 0 Å². The van der Waals surface area contributed by atoms with Crippen molar-refractivity contribution in [2.75, 3.05) is 17.2 Å². The van der Waals surface area contributed by atoms with Crippen LogP contribution in [0, 0.1) is 5.92 Å². The molecule has 108 valence electrons. The molecule has 1 aromatic rings. The third kappa shape index (κ3) is 3.82. The maximum Gasteiger partial charge on any atom is 0.137 e. The Balaban J connectivity index is 3.19. The van der Waals surface area contributed by atoms with E-state index in [1.807, 2.05) is 0 Å². The first kappa shape index (κ1) is 15.7. The van der Waals surface area contributed by atoms with E-state index in [2.05, 4.69) is 49.5 Å². The van der Waals surface area contributed by atoms with Crippen molar-refractivity contribution in [3.05, 3.63) is 11.9 Å². The Bertz CT molecular complexity index is 386. The summed E-state index contributed by atoms with van der Waals surface area (Å²) in [5, 5.41) is 0. The first-order chi connectivity index (χ1) is 9.04. The van der Waals surface area contributed by atoms with Crippen LogP contribution in [-0.4, -0.2) is 22.6 Å². The van der Waals surface area contributed by atoms with Gasteiger partial charge in [0.1, 0.15) is 18.0 Å². The van der Waals surface area contributed by atoms with Crippen LogP contribution in [0.2, 0.25) is 0 Å². The van der Waals surface area contributed by atoms with Gasteiger partial charge < -0.3 is 10.6 Å². The number of hydrogen-bond donors (Lipinski definition) is 1. The molecule has 0 saturated heterocycles. The van der Waals surface area contributed by atoms with Crippen molar-refractivity contribution >= 4 is 11.6 Å². The quantitative estimate of drug-likeness (QED) is 0.821. The molecule has 1 heterocycles. The molecule has 4 nitrogen and oxygen atoms in total. The van der Waals surface area contributed by atoms with Crippen LogP contribution < -0.4 is 10.6 Å². The molecule has 1 rings (SSSR count). The summed E-state index contributed by atoms with van der Waals surface area (Å²) in [6.07, 6.45) is 4.70. The van der Waals surface area contributed by atoms with Gasteiger partial charge in [-0.25, -0.2) is 9.97 Å². The van der Waals surface area contributed by atoms with Gasteiger partial charge in [0.05, 0.1) is 0 Å². The minimum atomic E-state index is 0.516. The number of nitrogens with two attached hydrogens (primary N) is 1. The van der Waals surface area contributed by atoms with Gasteiger partial charge in [-0.1, -0.05) is 34.6 Å². The lowest BCUT2D eigenvalue weighted by Gasteiger charge is -2.34. The van der Waals surface area contributed by atoms with Crippen LogP contribution in [0.5, 0.6) is 0 Å². The molecular formula is C15H28N4. The molecule has 0 aliphatic heterocycles. The molecule has 0 unspecified atom stereocenters. The predicted octanol–water partition coefficient (Wildman–Crippen LogP) is 3.27. The van der Waals surface area contributed by atoms with Crippen molar-refractivity contribution in [1.29, 1.82) is 0 Å². The fraction of sp³-hybridized carbons (Fsp3) is 0.733. The van der Waals surface area contributed by atoms with Crippen LogP contribution in [0.25, 0.3) is 0 Å². The summed E-state index contributed by atoms with van der Waals surface area (Å²) in [7, 11) is 0. The van der Waals surface area contributed by atoms with E-state index < -0.39 is 0 Å². The lowest BCUT2D eigenvalue weighted by molar-refractivity contribution is 0.501. The van der Waals surface area contributed by atoms with Crippen molar-refractivity contribution < 1.29 is 0 Å². The van der Waals surface area contributed by atoms with Gasteiger partial charge in [0.15, 0.2) is 0 Å². The molecular weight excluding hydrogens is 236 g/mol. The summed E-state index contributed by atoms with van der Waals surface area (Å²) in [4.78, 5) is 11.1. The molecule has 0 aliphatic carbocycles. The number of rotatable bonds is 7. The molecule has 0 aromatic carbocycles. The maximum absolute atomic E-state index is 6.01. The fourth-order valence-electron chi connectivity index (χ4n) is 2.53. The Morgan fingerprint density at radius 1 is 1.16 bits per heavy atom. The van der Waals surface area contributed by atoms with Crippen LogP contribution in [0.1, 0.15) is 53.0 Å². The molecule has 0 bridgehead atoms. The smallest absolute Gasteiger partial charge is 0.137 e. The van der Waals surface area contributed by atoms with Gasteiger partial charge in [-0.3, -0.25) is 0 Å². The van der Waals surface area contributed by atoms with Gasteiger partial charge in [-0.15, -0.1) is 0 Å². The molecule has 0 saturated carbocycles. The number of nitrogen functional groups attached to an aromatic ring is 1. The average Bonchev–Trinajstić information content (AvgIpc) is 2.38. The first-order valence-corrected chi connectivity index (χ1v) is 7.40. The molecule has 19 heavy (non-hydrogen) atoms. The topological polar surface area (TPSA) is 55.0 Å². The van der Waals surface area contributed by atoms with E-state index in [-0.39, 0.29) is 0 Å². The summed E-state index contributed by atoms with van der Waals surface area (Å²) < 4.78 is 0. The second kappa shape index (κ2) is 7.31. The fourth-order valence-corrected chi connectivity index (χ4v) is 2.53. The van der Waals surface area contributed by atoms with Crippen LogP contribution in [0.15, 0.2) is 6.33 Å². The predicted molar refractivity (Wildman–Crippen MR) is 82.4 cm³/mol. The van der Waals surface area contributed by atoms with E-state index in [0.29, 0.717) is 17.8 Å². The van der Waals surface area contributed by atoms with Crippen LogP contribution in [0.4, 0.5) is 11.6 Å². The number of aromatic nitrogens is 2. The van der Waals surface area contributed by atoms with Gasteiger partial charge >= 0.3 is 0 Å². The van der Waals surface area contributed by atoms with E-state index in [9.17, 15) is 0 Å². The summed E-state index contributed by atoms with van der Waals surface area (Å²) in [5.74, 6) is 2.24. The van der Waals surface area contributed by atoms with E-state index in [4.69, 9.17) is 5.73 Å². The lowest BCUT2D eigenvalue weighted by Crippen LogP contribution is -2.38. The SMILES string of the molecule is CCc1c(N)ncnc1N(CC(C)C)C(CC)CC. The van der Waals surface area contributed by atoms with Gasteiger partial charge in [-0.2, -0.15) is 0 Å². The lowest BCUT2D eigenvalue weighted by atomic mass is 10.1. The van der Waals surface area contributed by atoms with Crippen molar-refractivity contribution in [1.82, 2.24) is 9.97 Å². The van der Waals surface area contributed by atoms with Crippen molar-refractivity contribution in [2.45, 2.75) is 59.9 Å². The number of hydrogen-bond acceptors (Lipinski definition) is 4. The Morgan fingerprint density at radius 2 is 1.79 bits per heavy atom. The molecule has 0 atom stereocenters. The summed E-state index contributed by atoms with van der Waals surface area (Å²) in [5.41, 5.74) is 7.08. The molecule has 0 fully saturated rings. The molecule has 0 amide bonds. The number of anilines is 2. The largest absolute Gasteiger partial charge is 0.383 e. The minimum absolute atomic E-state index is 0.516. The van der Waals surface area contributed by atoms with Crippen LogP contribution in [0.3, 0.4) is 0 Å². The Labute approximate surface area is 117 Å². The van der Waals surface area contributed by atoms with Crippen molar-refractivity contribution in [3.63, 3.8) is 0 Å². The second-order valence-electron chi connectivity index (χ2n) is 5.43. The normalized spacial score (nSPS) is 11.3. The Kier molecular flexibility index (Phi) is 6.06. The van der Waals surface area contributed by atoms with E-state index in [1.54, 1.807) is 6.33 Å². The number of nitrogens with zero attached hydrogens (tertiary/aromatic N) is 3. The van der Waals surface area contributed by atoms with E-state index >= 15 is 0 Å². The molecule has 0 spiro atoms. The van der Waals surface area contributed by atoms with E-state index in [1.165, 1.54) is 0 Å². The van der Waals surface area contributed by atoms with Gasteiger partial charge in [0.2, 0.25) is 0 Å². The van der Waals surface area contributed by atoms with Crippen molar-refractivity contribution in [2.24, 2.45) is 5.92 Å². The highest BCUT2D eigenvalue weighted by Gasteiger charge is 2.21. The zero-order chi connectivity index (χ0) is 14.4. The summed E-state index contributed by atoms with van der Waals surface area (Å²) >= 11 is 0. The minimum Gasteiger partial charge on any atom is -0.383 e. The zero-order valence-corrected chi connectivity index (χ0v) is 13.0. The molecule has 4 heteroatoms. The molecule has 0 radical (unpaired) electrons. The molecule has 0 aliphatic rings. The molecule has 1 aromatic heterocycles. The zero-order valence-electron chi connectivity index (χ0n) is 13.0. The van der Waals surface area contributed by atoms with Gasteiger partial charge in [-0.05, 0) is 25.2 Å². The standard InChI is InChI=1S/C15H28N4/c1-6-12(7-2)19(9-11(4)5)15-13(8-3)14(16)17-10-18-15/h10-12H,6-9H2,1-5H3,(H2,16,17,18). The second-order valence-corrected chi connectivity index (χ2v) is 5.43. The summed E-state index contributed by atoms with van der Waals surface area (Å²) in [6.45, 7) is 12.1. The highest BCUT2D eigenvalue weighted by molar-refractivity contribution is 5.57.